The summed E-state index contributed by atoms with van der Waals surface area (Å²) in [6.45, 7) is 0. The molecule has 4 heteroatoms. The molecule has 0 saturated carbocycles. The second-order valence-corrected chi connectivity index (χ2v) is 4.41. The van der Waals surface area contributed by atoms with Crippen molar-refractivity contribution in [3.63, 3.8) is 0 Å². The molecule has 2 rings (SSSR count). The Balaban J connectivity index is 2.45. The second kappa shape index (κ2) is 4.29. The zero-order chi connectivity index (χ0) is 10.8. The van der Waals surface area contributed by atoms with Gasteiger partial charge in [0.1, 0.15) is 0 Å². The van der Waals surface area contributed by atoms with Gasteiger partial charge in [-0.3, -0.25) is 0 Å². The second-order valence-electron chi connectivity index (χ2n) is 3.20. The Morgan fingerprint density at radius 1 is 1.27 bits per heavy atom. The molecule has 0 amide bonds. The Bertz CT molecular complexity index is 462. The Morgan fingerprint density at radius 2 is 1.93 bits per heavy atom. The van der Waals surface area contributed by atoms with Gasteiger partial charge in [-0.05, 0) is 24.0 Å². The number of aromatic nitrogens is 2. The molecule has 0 bridgehead atoms. The number of rotatable bonds is 2. The molecule has 0 aliphatic carbocycles. The number of nitrogens with zero attached hydrogens (tertiary/aromatic N) is 2. The molecular formula is C11H11ClN2S. The summed E-state index contributed by atoms with van der Waals surface area (Å²) in [5, 5.41) is 1.77. The van der Waals surface area contributed by atoms with E-state index in [1.54, 1.807) is 11.8 Å². The summed E-state index contributed by atoms with van der Waals surface area (Å²) in [6.07, 6.45) is 3.91. The molecule has 0 saturated heterocycles. The van der Waals surface area contributed by atoms with Crippen molar-refractivity contribution in [2.75, 3.05) is 6.26 Å². The summed E-state index contributed by atoms with van der Waals surface area (Å²) < 4.78 is 2.08. The number of thioether (sulfide) groups is 1. The average molecular weight is 239 g/mol. The van der Waals surface area contributed by atoms with Gasteiger partial charge in [0, 0.05) is 12.1 Å². The maximum absolute atomic E-state index is 5.84. The average Bonchev–Trinajstić information content (AvgIpc) is 2.61. The van der Waals surface area contributed by atoms with E-state index in [0.717, 1.165) is 21.4 Å². The zero-order valence-corrected chi connectivity index (χ0v) is 10.1. The van der Waals surface area contributed by atoms with Gasteiger partial charge >= 0.3 is 0 Å². The van der Waals surface area contributed by atoms with Gasteiger partial charge in [-0.25, -0.2) is 4.98 Å². The van der Waals surface area contributed by atoms with E-state index in [-0.39, 0.29) is 0 Å². The van der Waals surface area contributed by atoms with Crippen LogP contribution in [0.25, 0.3) is 11.3 Å². The summed E-state index contributed by atoms with van der Waals surface area (Å²) in [7, 11) is 2.02. The minimum atomic E-state index is 0.756. The van der Waals surface area contributed by atoms with Crippen molar-refractivity contribution in [1.29, 1.82) is 0 Å². The van der Waals surface area contributed by atoms with Crippen molar-refractivity contribution < 1.29 is 0 Å². The molecule has 0 atom stereocenters. The predicted molar refractivity (Wildman–Crippen MR) is 65.4 cm³/mol. The van der Waals surface area contributed by atoms with Crippen molar-refractivity contribution in [2.24, 2.45) is 7.05 Å². The summed E-state index contributed by atoms with van der Waals surface area (Å²) in [5.74, 6) is 0. The number of hydrogen-bond donors (Lipinski definition) is 0. The molecule has 78 valence electrons. The quantitative estimate of drug-likeness (QED) is 0.746. The molecule has 1 aromatic carbocycles. The SMILES string of the molecule is CSc1ncc(-c2ccc(Cl)cc2)n1C. The van der Waals surface area contributed by atoms with E-state index in [2.05, 4.69) is 9.55 Å². The lowest BCUT2D eigenvalue weighted by molar-refractivity contribution is 0.798. The van der Waals surface area contributed by atoms with E-state index in [1.807, 2.05) is 43.8 Å². The predicted octanol–water partition coefficient (Wildman–Crippen LogP) is 3.46. The van der Waals surface area contributed by atoms with Crippen LogP contribution >= 0.6 is 23.4 Å². The largest absolute Gasteiger partial charge is 0.322 e. The molecule has 15 heavy (non-hydrogen) atoms. The topological polar surface area (TPSA) is 17.8 Å². The van der Waals surface area contributed by atoms with Crippen LogP contribution in [0.1, 0.15) is 0 Å². The lowest BCUT2D eigenvalue weighted by atomic mass is 10.2. The minimum Gasteiger partial charge on any atom is -0.322 e. The van der Waals surface area contributed by atoms with Crippen LogP contribution in [-0.2, 0) is 7.05 Å². The van der Waals surface area contributed by atoms with E-state index in [9.17, 15) is 0 Å². The Hall–Kier alpha value is -0.930. The fourth-order valence-electron chi connectivity index (χ4n) is 1.47. The van der Waals surface area contributed by atoms with Crippen molar-refractivity contribution >= 4 is 23.4 Å². The van der Waals surface area contributed by atoms with Gasteiger partial charge in [0.25, 0.3) is 0 Å². The van der Waals surface area contributed by atoms with Crippen LogP contribution in [0.3, 0.4) is 0 Å². The smallest absolute Gasteiger partial charge is 0.167 e. The Kier molecular flexibility index (Phi) is 3.03. The molecular weight excluding hydrogens is 228 g/mol. The first-order chi connectivity index (χ1) is 7.22. The Morgan fingerprint density at radius 3 is 2.47 bits per heavy atom. The molecule has 0 N–H and O–H groups in total. The molecule has 1 aromatic heterocycles. The van der Waals surface area contributed by atoms with Gasteiger partial charge in [0.05, 0.1) is 11.9 Å². The van der Waals surface area contributed by atoms with E-state index in [1.165, 1.54) is 0 Å². The van der Waals surface area contributed by atoms with Gasteiger partial charge in [0.15, 0.2) is 5.16 Å². The van der Waals surface area contributed by atoms with Gasteiger partial charge in [0.2, 0.25) is 0 Å². The van der Waals surface area contributed by atoms with Crippen molar-refractivity contribution in [3.05, 3.63) is 35.5 Å². The lowest BCUT2D eigenvalue weighted by Crippen LogP contribution is -1.92. The van der Waals surface area contributed by atoms with Crippen molar-refractivity contribution in [2.45, 2.75) is 5.16 Å². The van der Waals surface area contributed by atoms with Gasteiger partial charge < -0.3 is 4.57 Å². The molecule has 2 nitrogen and oxygen atoms in total. The third-order valence-electron chi connectivity index (χ3n) is 2.27. The highest BCUT2D eigenvalue weighted by Gasteiger charge is 2.06. The van der Waals surface area contributed by atoms with Crippen molar-refractivity contribution in [3.8, 4) is 11.3 Å². The van der Waals surface area contributed by atoms with E-state index in [4.69, 9.17) is 11.6 Å². The molecule has 2 aromatic rings. The summed E-state index contributed by atoms with van der Waals surface area (Å²) >= 11 is 7.48. The molecule has 0 radical (unpaired) electrons. The minimum absolute atomic E-state index is 0.756. The summed E-state index contributed by atoms with van der Waals surface area (Å²) in [4.78, 5) is 4.33. The van der Waals surface area contributed by atoms with Crippen LogP contribution in [0.2, 0.25) is 5.02 Å². The van der Waals surface area contributed by atoms with E-state index in [0.29, 0.717) is 0 Å². The highest BCUT2D eigenvalue weighted by atomic mass is 35.5. The number of imidazole rings is 1. The normalized spacial score (nSPS) is 10.6. The molecule has 0 unspecified atom stereocenters. The molecule has 0 spiro atoms. The van der Waals surface area contributed by atoms with E-state index < -0.39 is 0 Å². The highest BCUT2D eigenvalue weighted by molar-refractivity contribution is 7.98. The molecule has 0 aliphatic rings. The first kappa shape index (κ1) is 10.6. The summed E-state index contributed by atoms with van der Waals surface area (Å²) in [5.41, 5.74) is 2.24. The van der Waals surface area contributed by atoms with Crippen LogP contribution in [0.5, 0.6) is 0 Å². The van der Waals surface area contributed by atoms with Crippen LogP contribution < -0.4 is 0 Å². The number of benzene rings is 1. The number of halogens is 1. The third-order valence-corrected chi connectivity index (χ3v) is 3.26. The first-order valence-corrected chi connectivity index (χ1v) is 6.14. The molecule has 0 aliphatic heterocycles. The summed E-state index contributed by atoms with van der Waals surface area (Å²) in [6, 6.07) is 7.79. The highest BCUT2D eigenvalue weighted by Crippen LogP contribution is 2.24. The monoisotopic (exact) mass is 238 g/mol. The van der Waals surface area contributed by atoms with Gasteiger partial charge in [-0.15, -0.1) is 0 Å². The number of hydrogen-bond acceptors (Lipinski definition) is 2. The Labute approximate surface area is 98.3 Å². The molecule has 1 heterocycles. The van der Waals surface area contributed by atoms with Crippen LogP contribution in [-0.4, -0.2) is 15.8 Å². The maximum Gasteiger partial charge on any atom is 0.167 e. The first-order valence-electron chi connectivity index (χ1n) is 4.54. The fraction of sp³-hybridized carbons (Fsp3) is 0.182. The van der Waals surface area contributed by atoms with Crippen LogP contribution in [0.4, 0.5) is 0 Å². The van der Waals surface area contributed by atoms with E-state index >= 15 is 0 Å². The maximum atomic E-state index is 5.84. The molecule has 0 fully saturated rings. The zero-order valence-electron chi connectivity index (χ0n) is 8.57. The van der Waals surface area contributed by atoms with Crippen LogP contribution in [0.15, 0.2) is 35.6 Å². The lowest BCUT2D eigenvalue weighted by Gasteiger charge is -2.04. The standard InChI is InChI=1S/C11H11ClN2S/c1-14-10(7-13-11(14)15-2)8-3-5-9(12)6-4-8/h3-7H,1-2H3. The van der Waals surface area contributed by atoms with Crippen LogP contribution in [0, 0.1) is 0 Å². The van der Waals surface area contributed by atoms with Gasteiger partial charge in [-0.1, -0.05) is 35.5 Å². The fourth-order valence-corrected chi connectivity index (χ4v) is 2.13. The van der Waals surface area contributed by atoms with Crippen molar-refractivity contribution in [1.82, 2.24) is 9.55 Å². The van der Waals surface area contributed by atoms with Gasteiger partial charge in [-0.2, -0.15) is 0 Å². The third kappa shape index (κ3) is 2.03.